The second-order valence-electron chi connectivity index (χ2n) is 4.80. The monoisotopic (exact) mass is 308 g/mol. The van der Waals surface area contributed by atoms with Crippen molar-refractivity contribution in [1.82, 2.24) is 10.4 Å². The Hall–Kier alpha value is -2.12. The van der Waals surface area contributed by atoms with Gasteiger partial charge >= 0.3 is 5.97 Å². The van der Waals surface area contributed by atoms with Gasteiger partial charge in [0, 0.05) is 20.0 Å². The Morgan fingerprint density at radius 2 is 1.95 bits per heavy atom. The predicted octanol–water partition coefficient (Wildman–Crippen LogP) is 0.360. The number of morpholine rings is 1. The number of ether oxygens (including phenoxy) is 3. The van der Waals surface area contributed by atoms with Crippen molar-refractivity contribution in [2.75, 3.05) is 32.9 Å². The molecule has 7 heteroatoms. The second-order valence-corrected chi connectivity index (χ2v) is 4.80. The topological polar surface area (TPSA) is 77.1 Å². The fraction of sp³-hybridized carbons (Fsp3) is 0.467. The molecule has 7 nitrogen and oxygen atoms in total. The van der Waals surface area contributed by atoms with E-state index in [-0.39, 0.29) is 6.61 Å². The van der Waals surface area contributed by atoms with Crippen molar-refractivity contribution in [3.63, 3.8) is 0 Å². The molecule has 22 heavy (non-hydrogen) atoms. The molecule has 1 aliphatic heterocycles. The predicted molar refractivity (Wildman–Crippen MR) is 78.0 cm³/mol. The Morgan fingerprint density at radius 1 is 1.27 bits per heavy atom. The van der Waals surface area contributed by atoms with Crippen molar-refractivity contribution in [2.24, 2.45) is 0 Å². The van der Waals surface area contributed by atoms with Gasteiger partial charge in [0.1, 0.15) is 12.4 Å². The van der Waals surface area contributed by atoms with E-state index in [0.29, 0.717) is 32.1 Å². The van der Waals surface area contributed by atoms with E-state index in [2.05, 4.69) is 5.43 Å². The Morgan fingerprint density at radius 3 is 2.59 bits per heavy atom. The number of nitrogens with zero attached hydrogens (tertiary/aromatic N) is 1. The van der Waals surface area contributed by atoms with Crippen LogP contribution in [0.3, 0.4) is 0 Å². The number of hydrogen-bond donors (Lipinski definition) is 1. The molecule has 0 saturated carbocycles. The van der Waals surface area contributed by atoms with Crippen molar-refractivity contribution < 1.29 is 23.8 Å². The molecule has 1 heterocycles. The molecule has 0 radical (unpaired) electrons. The summed E-state index contributed by atoms with van der Waals surface area (Å²) in [7, 11) is 0. The van der Waals surface area contributed by atoms with Crippen LogP contribution >= 0.6 is 0 Å². The molecule has 120 valence electrons. The van der Waals surface area contributed by atoms with E-state index < -0.39 is 18.0 Å². The lowest BCUT2D eigenvalue weighted by atomic mass is 10.3. The quantitative estimate of drug-likeness (QED) is 0.765. The standard InChI is InChI=1S/C15H20N2O5/c1-12(18)22-14(11-21-13-5-3-2-4-6-13)15(19)16-17-7-9-20-10-8-17/h2-6,14H,7-11H2,1H3,(H,16,19). The molecule has 0 spiro atoms. The van der Waals surface area contributed by atoms with E-state index in [1.807, 2.05) is 18.2 Å². The summed E-state index contributed by atoms with van der Waals surface area (Å²) in [6, 6.07) is 9.05. The van der Waals surface area contributed by atoms with Crippen LogP contribution < -0.4 is 10.2 Å². The number of para-hydroxylation sites is 1. The fourth-order valence-corrected chi connectivity index (χ4v) is 1.96. The van der Waals surface area contributed by atoms with Gasteiger partial charge in [-0.3, -0.25) is 15.0 Å². The third-order valence-corrected chi connectivity index (χ3v) is 3.02. The van der Waals surface area contributed by atoms with Crippen molar-refractivity contribution in [1.29, 1.82) is 0 Å². The van der Waals surface area contributed by atoms with E-state index in [4.69, 9.17) is 14.2 Å². The summed E-state index contributed by atoms with van der Waals surface area (Å²) in [6.07, 6.45) is -0.999. The largest absolute Gasteiger partial charge is 0.489 e. The van der Waals surface area contributed by atoms with Crippen LogP contribution in [0.15, 0.2) is 30.3 Å². The van der Waals surface area contributed by atoms with Crippen LogP contribution in [0.2, 0.25) is 0 Å². The first kappa shape index (κ1) is 16.3. The first-order valence-electron chi connectivity index (χ1n) is 7.13. The van der Waals surface area contributed by atoms with Crippen molar-refractivity contribution in [3.8, 4) is 5.75 Å². The highest BCUT2D eigenvalue weighted by Crippen LogP contribution is 2.09. The zero-order valence-electron chi connectivity index (χ0n) is 12.5. The van der Waals surface area contributed by atoms with Gasteiger partial charge in [-0.25, -0.2) is 5.01 Å². The average molecular weight is 308 g/mol. The maximum absolute atomic E-state index is 12.2. The molecule has 1 aromatic carbocycles. The lowest BCUT2D eigenvalue weighted by Crippen LogP contribution is -2.53. The summed E-state index contributed by atoms with van der Waals surface area (Å²) in [6.45, 7) is 3.52. The summed E-state index contributed by atoms with van der Waals surface area (Å²) in [5.74, 6) is -0.328. The van der Waals surface area contributed by atoms with Gasteiger partial charge in [0.15, 0.2) is 0 Å². The summed E-state index contributed by atoms with van der Waals surface area (Å²) >= 11 is 0. The molecule has 1 aliphatic rings. The molecular weight excluding hydrogens is 288 g/mol. The molecule has 1 amide bonds. The van der Waals surface area contributed by atoms with Crippen LogP contribution in [0, 0.1) is 0 Å². The third kappa shape index (κ3) is 5.34. The lowest BCUT2D eigenvalue weighted by molar-refractivity contribution is -0.158. The molecule has 1 aromatic rings. The number of esters is 1. The van der Waals surface area contributed by atoms with Gasteiger partial charge in [-0.2, -0.15) is 0 Å². The highest BCUT2D eigenvalue weighted by atomic mass is 16.6. The number of carbonyl (C=O) groups is 2. The maximum Gasteiger partial charge on any atom is 0.303 e. The number of amides is 1. The van der Waals surface area contributed by atoms with E-state index in [1.165, 1.54) is 6.92 Å². The summed E-state index contributed by atoms with van der Waals surface area (Å²) in [5.41, 5.74) is 2.72. The van der Waals surface area contributed by atoms with Gasteiger partial charge in [0.2, 0.25) is 6.10 Å². The Kier molecular flexibility index (Phi) is 6.17. The SMILES string of the molecule is CC(=O)OC(COc1ccccc1)C(=O)NN1CCOCC1. The number of benzene rings is 1. The minimum Gasteiger partial charge on any atom is -0.489 e. The molecule has 0 aliphatic carbocycles. The molecule has 1 N–H and O–H groups in total. The number of carbonyl (C=O) groups excluding carboxylic acids is 2. The maximum atomic E-state index is 12.2. The molecule has 0 aromatic heterocycles. The summed E-state index contributed by atoms with van der Waals surface area (Å²) < 4.78 is 15.7. The molecule has 1 atom stereocenters. The van der Waals surface area contributed by atoms with Gasteiger partial charge in [-0.05, 0) is 12.1 Å². The first-order chi connectivity index (χ1) is 10.6. The molecule has 1 saturated heterocycles. The lowest BCUT2D eigenvalue weighted by Gasteiger charge is -2.28. The van der Waals surface area contributed by atoms with Gasteiger partial charge in [0.05, 0.1) is 13.2 Å². The first-order valence-corrected chi connectivity index (χ1v) is 7.13. The number of hydrogen-bond acceptors (Lipinski definition) is 6. The van der Waals surface area contributed by atoms with Crippen LogP contribution in [0.1, 0.15) is 6.92 Å². The van der Waals surface area contributed by atoms with Gasteiger partial charge in [0.25, 0.3) is 5.91 Å². The summed E-state index contributed by atoms with van der Waals surface area (Å²) in [4.78, 5) is 23.4. The Balaban J connectivity index is 1.89. The van der Waals surface area contributed by atoms with Crippen LogP contribution in [-0.4, -0.2) is 55.9 Å². The zero-order valence-corrected chi connectivity index (χ0v) is 12.5. The number of rotatable bonds is 6. The van der Waals surface area contributed by atoms with E-state index in [9.17, 15) is 9.59 Å². The summed E-state index contributed by atoms with van der Waals surface area (Å²) in [5, 5.41) is 1.74. The van der Waals surface area contributed by atoms with Gasteiger partial charge in [-0.15, -0.1) is 0 Å². The van der Waals surface area contributed by atoms with E-state index in [0.717, 1.165) is 0 Å². The smallest absolute Gasteiger partial charge is 0.303 e. The van der Waals surface area contributed by atoms with Crippen LogP contribution in [0.5, 0.6) is 5.75 Å². The van der Waals surface area contributed by atoms with Crippen molar-refractivity contribution in [2.45, 2.75) is 13.0 Å². The van der Waals surface area contributed by atoms with Gasteiger partial charge < -0.3 is 14.2 Å². The van der Waals surface area contributed by atoms with E-state index >= 15 is 0 Å². The fourth-order valence-electron chi connectivity index (χ4n) is 1.96. The van der Waals surface area contributed by atoms with Crippen LogP contribution in [0.4, 0.5) is 0 Å². The highest BCUT2D eigenvalue weighted by molar-refractivity contribution is 5.83. The Bertz CT molecular complexity index is 488. The van der Waals surface area contributed by atoms with Gasteiger partial charge in [-0.1, -0.05) is 18.2 Å². The molecular formula is C15H20N2O5. The van der Waals surface area contributed by atoms with Crippen LogP contribution in [0.25, 0.3) is 0 Å². The van der Waals surface area contributed by atoms with Crippen molar-refractivity contribution in [3.05, 3.63) is 30.3 Å². The minimum atomic E-state index is -0.999. The molecule has 0 bridgehead atoms. The van der Waals surface area contributed by atoms with E-state index in [1.54, 1.807) is 17.1 Å². The second kappa shape index (κ2) is 8.35. The van der Waals surface area contributed by atoms with Crippen molar-refractivity contribution >= 4 is 11.9 Å². The molecule has 1 unspecified atom stereocenters. The van der Waals surface area contributed by atoms with Crippen LogP contribution in [-0.2, 0) is 19.1 Å². The molecule has 2 rings (SSSR count). The normalized spacial score (nSPS) is 16.6. The Labute approximate surface area is 129 Å². The number of nitrogens with one attached hydrogen (secondary N) is 1. The highest BCUT2D eigenvalue weighted by Gasteiger charge is 2.25. The number of hydrazine groups is 1. The molecule has 1 fully saturated rings. The minimum absolute atomic E-state index is 0.0419. The average Bonchev–Trinajstić information content (AvgIpc) is 2.53. The zero-order chi connectivity index (χ0) is 15.8. The third-order valence-electron chi connectivity index (χ3n) is 3.02.